The number of para-hydroxylation sites is 1. The summed E-state index contributed by atoms with van der Waals surface area (Å²) in [6.07, 6.45) is 1.49. The molecule has 33 heavy (non-hydrogen) atoms. The second-order valence-electron chi connectivity index (χ2n) is 7.14. The first kappa shape index (κ1) is 21.7. The maximum Gasteiger partial charge on any atom is 0.267 e. The lowest BCUT2D eigenvalue weighted by molar-refractivity contribution is 0.0993. The van der Waals surface area contributed by atoms with Crippen LogP contribution in [0, 0.1) is 5.82 Å². The number of primary amides is 1. The number of nitrogens with one attached hydrogen (secondary N) is 2. The Balaban J connectivity index is 1.54. The number of aromatic nitrogens is 2. The molecule has 0 aliphatic carbocycles. The number of carbonyl (C=O) groups is 2. The predicted octanol–water partition coefficient (Wildman–Crippen LogP) is 3.74. The maximum absolute atomic E-state index is 14.6. The number of anilines is 2. The second-order valence-corrected chi connectivity index (χ2v) is 7.14. The van der Waals surface area contributed by atoms with Crippen molar-refractivity contribution in [3.63, 3.8) is 0 Å². The van der Waals surface area contributed by atoms with Crippen LogP contribution in [0.1, 0.15) is 26.4 Å². The Morgan fingerprint density at radius 3 is 2.70 bits per heavy atom. The van der Waals surface area contributed by atoms with Crippen molar-refractivity contribution in [2.45, 2.75) is 6.54 Å². The van der Waals surface area contributed by atoms with Crippen LogP contribution in [0.4, 0.5) is 15.9 Å². The van der Waals surface area contributed by atoms with Crippen LogP contribution >= 0.6 is 0 Å². The Morgan fingerprint density at radius 2 is 1.91 bits per heavy atom. The van der Waals surface area contributed by atoms with Gasteiger partial charge in [0.2, 0.25) is 0 Å². The quantitative estimate of drug-likeness (QED) is 0.399. The largest absolute Gasteiger partial charge is 0.497 e. The van der Waals surface area contributed by atoms with Crippen molar-refractivity contribution in [2.24, 2.45) is 5.73 Å². The van der Waals surface area contributed by atoms with Gasteiger partial charge < -0.3 is 21.1 Å². The predicted molar refractivity (Wildman–Crippen MR) is 123 cm³/mol. The number of pyridine rings is 2. The summed E-state index contributed by atoms with van der Waals surface area (Å²) in [6, 6.07) is 16.5. The molecule has 2 aromatic heterocycles. The molecule has 9 heteroatoms. The molecule has 2 heterocycles. The van der Waals surface area contributed by atoms with Gasteiger partial charge in [-0.1, -0.05) is 12.1 Å². The van der Waals surface area contributed by atoms with Gasteiger partial charge in [-0.15, -0.1) is 0 Å². The van der Waals surface area contributed by atoms with E-state index in [-0.39, 0.29) is 11.5 Å². The molecule has 4 aromatic rings. The monoisotopic (exact) mass is 445 g/mol. The normalized spacial score (nSPS) is 10.6. The summed E-state index contributed by atoms with van der Waals surface area (Å²) in [5, 5.41) is 6.25. The van der Waals surface area contributed by atoms with Crippen LogP contribution in [-0.4, -0.2) is 28.9 Å². The Bertz CT molecular complexity index is 1360. The molecule has 2 amide bonds. The third-order valence-corrected chi connectivity index (χ3v) is 4.94. The zero-order chi connectivity index (χ0) is 23.4. The molecule has 0 aliphatic rings. The van der Waals surface area contributed by atoms with E-state index in [4.69, 9.17) is 10.5 Å². The number of hydrogen-bond acceptors (Lipinski definition) is 6. The number of rotatable bonds is 7. The summed E-state index contributed by atoms with van der Waals surface area (Å²) in [5.41, 5.74) is 7.52. The van der Waals surface area contributed by atoms with Crippen LogP contribution in [0.3, 0.4) is 0 Å². The first-order valence-electron chi connectivity index (χ1n) is 9.98. The smallest absolute Gasteiger partial charge is 0.267 e. The van der Waals surface area contributed by atoms with Crippen molar-refractivity contribution in [1.29, 1.82) is 0 Å². The number of nitrogens with two attached hydrogens (primary N) is 1. The van der Waals surface area contributed by atoms with E-state index in [1.807, 2.05) is 0 Å². The fourth-order valence-electron chi connectivity index (χ4n) is 3.27. The summed E-state index contributed by atoms with van der Waals surface area (Å²) in [5.74, 6) is -1.40. The molecule has 8 nitrogen and oxygen atoms in total. The first-order valence-corrected chi connectivity index (χ1v) is 9.98. The number of fused-ring (bicyclic) bond motifs is 1. The average molecular weight is 445 g/mol. The van der Waals surface area contributed by atoms with Gasteiger partial charge in [0.05, 0.1) is 18.2 Å². The van der Waals surface area contributed by atoms with Crippen LogP contribution in [0.2, 0.25) is 0 Å². The number of nitrogens with zero attached hydrogens (tertiary/aromatic N) is 2. The van der Waals surface area contributed by atoms with Gasteiger partial charge in [-0.25, -0.2) is 9.37 Å². The summed E-state index contributed by atoms with van der Waals surface area (Å²) >= 11 is 0. The number of ether oxygens (including phenoxy) is 1. The highest BCUT2D eigenvalue weighted by Gasteiger charge is 2.15. The molecule has 0 atom stereocenters. The van der Waals surface area contributed by atoms with Gasteiger partial charge in [0.15, 0.2) is 11.6 Å². The first-order chi connectivity index (χ1) is 15.9. The molecular formula is C24H20FN5O3. The van der Waals surface area contributed by atoms with Crippen molar-refractivity contribution >= 4 is 34.2 Å². The van der Waals surface area contributed by atoms with E-state index in [1.54, 1.807) is 54.6 Å². The summed E-state index contributed by atoms with van der Waals surface area (Å²) in [4.78, 5) is 32.4. The van der Waals surface area contributed by atoms with Gasteiger partial charge >= 0.3 is 0 Å². The van der Waals surface area contributed by atoms with E-state index in [9.17, 15) is 14.0 Å². The van der Waals surface area contributed by atoms with Crippen molar-refractivity contribution in [1.82, 2.24) is 9.97 Å². The highest BCUT2D eigenvalue weighted by Crippen LogP contribution is 2.25. The van der Waals surface area contributed by atoms with Crippen LogP contribution in [0.25, 0.3) is 10.9 Å². The van der Waals surface area contributed by atoms with E-state index in [0.29, 0.717) is 34.4 Å². The summed E-state index contributed by atoms with van der Waals surface area (Å²) in [6.45, 7) is 0.317. The van der Waals surface area contributed by atoms with E-state index in [0.717, 1.165) is 5.56 Å². The molecule has 0 bridgehead atoms. The third-order valence-electron chi connectivity index (χ3n) is 4.94. The molecule has 166 valence electrons. The minimum Gasteiger partial charge on any atom is -0.497 e. The average Bonchev–Trinajstić information content (AvgIpc) is 2.83. The second kappa shape index (κ2) is 9.31. The van der Waals surface area contributed by atoms with Gasteiger partial charge in [-0.05, 0) is 54.1 Å². The lowest BCUT2D eigenvalue weighted by atomic mass is 10.1. The topological polar surface area (TPSA) is 119 Å². The number of halogens is 1. The van der Waals surface area contributed by atoms with Gasteiger partial charge in [-0.2, -0.15) is 0 Å². The van der Waals surface area contributed by atoms with Crippen LogP contribution in [0.15, 0.2) is 66.9 Å². The van der Waals surface area contributed by atoms with E-state index >= 15 is 0 Å². The van der Waals surface area contributed by atoms with Crippen LogP contribution in [-0.2, 0) is 6.54 Å². The lowest BCUT2D eigenvalue weighted by Gasteiger charge is -2.13. The Hall–Kier alpha value is -4.53. The Morgan fingerprint density at radius 1 is 1.09 bits per heavy atom. The Kier molecular flexibility index (Phi) is 6.12. The number of amides is 2. The van der Waals surface area contributed by atoms with E-state index in [1.165, 1.54) is 19.4 Å². The van der Waals surface area contributed by atoms with Crippen molar-refractivity contribution in [3.8, 4) is 5.75 Å². The molecule has 0 spiro atoms. The summed E-state index contributed by atoms with van der Waals surface area (Å²) < 4.78 is 19.8. The van der Waals surface area contributed by atoms with E-state index in [2.05, 4.69) is 20.6 Å². The van der Waals surface area contributed by atoms with Crippen molar-refractivity contribution in [3.05, 3.63) is 89.5 Å². The molecule has 4 rings (SSSR count). The zero-order valence-electron chi connectivity index (χ0n) is 17.6. The van der Waals surface area contributed by atoms with Crippen LogP contribution < -0.4 is 21.1 Å². The number of carbonyl (C=O) groups excluding carboxylic acids is 2. The molecule has 0 saturated carbocycles. The molecule has 0 unspecified atom stereocenters. The minimum atomic E-state index is -0.662. The van der Waals surface area contributed by atoms with Crippen molar-refractivity contribution < 1.29 is 18.7 Å². The van der Waals surface area contributed by atoms with Gasteiger partial charge in [0, 0.05) is 23.8 Å². The molecule has 0 aliphatic heterocycles. The van der Waals surface area contributed by atoms with Crippen molar-refractivity contribution in [2.75, 3.05) is 17.7 Å². The van der Waals surface area contributed by atoms with E-state index < -0.39 is 17.6 Å². The van der Waals surface area contributed by atoms with Gasteiger partial charge in [-0.3, -0.25) is 14.6 Å². The van der Waals surface area contributed by atoms with Gasteiger partial charge in [0.1, 0.15) is 11.4 Å². The number of benzene rings is 2. The molecule has 2 aromatic carbocycles. The minimum absolute atomic E-state index is 0.149. The SMILES string of the molecule is COc1ccc2nc(NC(=O)c3ccccc3NCc3ccnc(C(N)=O)c3)c(F)cc2c1. The molecule has 4 N–H and O–H groups in total. The highest BCUT2D eigenvalue weighted by molar-refractivity contribution is 6.08. The third kappa shape index (κ3) is 4.87. The zero-order valence-corrected chi connectivity index (χ0v) is 17.6. The fraction of sp³-hybridized carbons (Fsp3) is 0.0833. The molecule has 0 saturated heterocycles. The number of methoxy groups -OCH3 is 1. The molecule has 0 radical (unpaired) electrons. The van der Waals surface area contributed by atoms with Gasteiger partial charge in [0.25, 0.3) is 11.8 Å². The molecule has 0 fully saturated rings. The standard InChI is InChI=1S/C24H20FN5O3/c1-33-16-6-7-19-15(11-16)12-18(25)23(29-19)30-24(32)17-4-2-3-5-20(17)28-13-14-8-9-27-21(10-14)22(26)31/h2-12,28H,13H2,1H3,(H2,26,31)(H,29,30,32). The molecular weight excluding hydrogens is 425 g/mol. The Labute approximate surface area is 188 Å². The number of hydrogen-bond donors (Lipinski definition) is 3. The maximum atomic E-state index is 14.6. The highest BCUT2D eigenvalue weighted by atomic mass is 19.1. The fourth-order valence-corrected chi connectivity index (χ4v) is 3.27. The summed E-state index contributed by atoms with van der Waals surface area (Å²) in [7, 11) is 1.52. The lowest BCUT2D eigenvalue weighted by Crippen LogP contribution is -2.17. The van der Waals surface area contributed by atoms with Crippen LogP contribution in [0.5, 0.6) is 5.75 Å².